The van der Waals surface area contributed by atoms with Gasteiger partial charge in [0.05, 0.1) is 0 Å². The number of rotatable bonds is 6. The highest BCUT2D eigenvalue weighted by molar-refractivity contribution is 9.10. The van der Waals surface area contributed by atoms with Crippen LogP contribution in [-0.4, -0.2) is 16.8 Å². The number of H-pyrrole nitrogens is 1. The number of hydrogen-bond donors (Lipinski definition) is 3. The Morgan fingerprint density at radius 1 is 1.05 bits per heavy atom. The Hall–Kier alpha value is -2.08. The SMILES string of the molecule is O=C(CCCCc1ccc(Br)cc1)NNC(=O)c1ccc[nH]1. The highest BCUT2D eigenvalue weighted by atomic mass is 79.9. The molecule has 0 unspecified atom stereocenters. The van der Waals surface area contributed by atoms with Crippen molar-refractivity contribution in [2.24, 2.45) is 0 Å². The lowest BCUT2D eigenvalue weighted by Gasteiger charge is -2.06. The van der Waals surface area contributed by atoms with Crippen LogP contribution in [0.25, 0.3) is 0 Å². The number of hydrogen-bond acceptors (Lipinski definition) is 2. The Bertz CT molecular complexity index is 609. The van der Waals surface area contributed by atoms with E-state index in [1.807, 2.05) is 12.1 Å². The Labute approximate surface area is 137 Å². The van der Waals surface area contributed by atoms with Crippen LogP contribution in [-0.2, 0) is 11.2 Å². The lowest BCUT2D eigenvalue weighted by molar-refractivity contribution is -0.121. The highest BCUT2D eigenvalue weighted by Crippen LogP contribution is 2.12. The number of halogens is 1. The first kappa shape index (κ1) is 16.3. The molecule has 3 N–H and O–H groups in total. The van der Waals surface area contributed by atoms with Gasteiger partial charge in [-0.1, -0.05) is 28.1 Å². The molecule has 0 saturated heterocycles. The molecule has 1 aromatic carbocycles. The standard InChI is InChI=1S/C16H18BrN3O2/c17-13-9-7-12(8-10-13)4-1-2-6-15(21)19-20-16(22)14-5-3-11-18-14/h3,5,7-11,18H,1-2,4,6H2,(H,19,21)(H,20,22). The van der Waals surface area contributed by atoms with Crippen molar-refractivity contribution in [1.82, 2.24) is 15.8 Å². The third-order valence-electron chi connectivity index (χ3n) is 3.19. The van der Waals surface area contributed by atoms with Crippen LogP contribution in [0.4, 0.5) is 0 Å². The van der Waals surface area contributed by atoms with Gasteiger partial charge in [-0.25, -0.2) is 0 Å². The smallest absolute Gasteiger partial charge is 0.286 e. The molecule has 0 spiro atoms. The van der Waals surface area contributed by atoms with Crippen molar-refractivity contribution in [1.29, 1.82) is 0 Å². The van der Waals surface area contributed by atoms with E-state index in [4.69, 9.17) is 0 Å². The molecule has 116 valence electrons. The summed E-state index contributed by atoms with van der Waals surface area (Å²) in [6, 6.07) is 11.5. The van der Waals surface area contributed by atoms with Crippen molar-refractivity contribution in [3.8, 4) is 0 Å². The van der Waals surface area contributed by atoms with Crippen LogP contribution < -0.4 is 10.9 Å². The monoisotopic (exact) mass is 363 g/mol. The van der Waals surface area contributed by atoms with E-state index < -0.39 is 0 Å². The number of nitrogens with one attached hydrogen (secondary N) is 3. The lowest BCUT2D eigenvalue weighted by atomic mass is 10.1. The molecule has 5 nitrogen and oxygen atoms in total. The lowest BCUT2D eigenvalue weighted by Crippen LogP contribution is -2.41. The molecule has 0 aliphatic heterocycles. The quantitative estimate of drug-likeness (QED) is 0.545. The molecule has 0 atom stereocenters. The van der Waals surface area contributed by atoms with Gasteiger partial charge in [-0.3, -0.25) is 20.4 Å². The summed E-state index contributed by atoms with van der Waals surface area (Å²) in [5, 5.41) is 0. The Morgan fingerprint density at radius 2 is 1.82 bits per heavy atom. The van der Waals surface area contributed by atoms with Gasteiger partial charge < -0.3 is 4.98 Å². The molecule has 0 fully saturated rings. The summed E-state index contributed by atoms with van der Waals surface area (Å²) in [6.45, 7) is 0. The first-order valence-corrected chi connectivity index (χ1v) is 7.91. The maximum absolute atomic E-state index is 11.6. The average molecular weight is 364 g/mol. The van der Waals surface area contributed by atoms with E-state index in [-0.39, 0.29) is 11.8 Å². The van der Waals surface area contributed by atoms with Crippen molar-refractivity contribution in [2.75, 3.05) is 0 Å². The van der Waals surface area contributed by atoms with Gasteiger partial charge >= 0.3 is 0 Å². The van der Waals surface area contributed by atoms with Crippen LogP contribution in [0, 0.1) is 0 Å². The van der Waals surface area contributed by atoms with Gasteiger partial charge in [-0.2, -0.15) is 0 Å². The van der Waals surface area contributed by atoms with Crippen molar-refractivity contribution in [2.45, 2.75) is 25.7 Å². The van der Waals surface area contributed by atoms with E-state index in [2.05, 4.69) is 43.9 Å². The minimum Gasteiger partial charge on any atom is -0.357 e. The molecule has 22 heavy (non-hydrogen) atoms. The number of aromatic amines is 1. The van der Waals surface area contributed by atoms with Gasteiger partial charge in [0.2, 0.25) is 5.91 Å². The fraction of sp³-hybridized carbons (Fsp3) is 0.250. The van der Waals surface area contributed by atoms with Crippen LogP contribution in [0.2, 0.25) is 0 Å². The summed E-state index contributed by atoms with van der Waals surface area (Å²) in [7, 11) is 0. The fourth-order valence-electron chi connectivity index (χ4n) is 1.99. The van der Waals surface area contributed by atoms with Crippen molar-refractivity contribution < 1.29 is 9.59 Å². The second kappa shape index (κ2) is 8.38. The van der Waals surface area contributed by atoms with Gasteiger partial charge in [0.15, 0.2) is 0 Å². The summed E-state index contributed by atoms with van der Waals surface area (Å²) in [5.74, 6) is -0.538. The largest absolute Gasteiger partial charge is 0.357 e. The summed E-state index contributed by atoms with van der Waals surface area (Å²) in [4.78, 5) is 26.0. The van der Waals surface area contributed by atoms with Gasteiger partial charge in [0.1, 0.15) is 5.69 Å². The second-order valence-corrected chi connectivity index (χ2v) is 5.84. The van der Waals surface area contributed by atoms with E-state index in [1.165, 1.54) is 5.56 Å². The van der Waals surface area contributed by atoms with E-state index in [0.717, 1.165) is 23.7 Å². The number of amides is 2. The molecule has 1 aromatic heterocycles. The zero-order valence-corrected chi connectivity index (χ0v) is 13.7. The maximum atomic E-state index is 11.6. The number of aromatic nitrogens is 1. The minimum absolute atomic E-state index is 0.185. The molecular formula is C16H18BrN3O2. The van der Waals surface area contributed by atoms with Crippen LogP contribution in [0.3, 0.4) is 0 Å². The van der Waals surface area contributed by atoms with Crippen LogP contribution in [0.15, 0.2) is 47.1 Å². The molecule has 0 radical (unpaired) electrons. The second-order valence-electron chi connectivity index (χ2n) is 4.92. The molecule has 0 saturated carbocycles. The number of carbonyl (C=O) groups excluding carboxylic acids is 2. The number of unbranched alkanes of at least 4 members (excludes halogenated alkanes) is 1. The Morgan fingerprint density at radius 3 is 2.50 bits per heavy atom. The maximum Gasteiger partial charge on any atom is 0.286 e. The van der Waals surface area contributed by atoms with Crippen LogP contribution in [0.1, 0.15) is 35.3 Å². The summed E-state index contributed by atoms with van der Waals surface area (Å²) in [5.41, 5.74) is 6.45. The zero-order chi connectivity index (χ0) is 15.8. The average Bonchev–Trinajstić information content (AvgIpc) is 3.05. The molecule has 2 aromatic rings. The van der Waals surface area contributed by atoms with E-state index in [1.54, 1.807) is 18.3 Å². The van der Waals surface area contributed by atoms with Gasteiger partial charge in [-0.15, -0.1) is 0 Å². The van der Waals surface area contributed by atoms with Crippen LogP contribution >= 0.6 is 15.9 Å². The van der Waals surface area contributed by atoms with E-state index in [0.29, 0.717) is 12.1 Å². The number of hydrazine groups is 1. The first-order valence-electron chi connectivity index (χ1n) is 7.12. The molecule has 6 heteroatoms. The molecular weight excluding hydrogens is 346 g/mol. The van der Waals surface area contributed by atoms with Gasteiger partial charge in [-0.05, 0) is 49.1 Å². The van der Waals surface area contributed by atoms with Crippen molar-refractivity contribution in [3.63, 3.8) is 0 Å². The predicted molar refractivity (Wildman–Crippen MR) is 88.1 cm³/mol. The van der Waals surface area contributed by atoms with E-state index in [9.17, 15) is 9.59 Å². The van der Waals surface area contributed by atoms with Crippen LogP contribution in [0.5, 0.6) is 0 Å². The molecule has 0 aliphatic carbocycles. The van der Waals surface area contributed by atoms with Gasteiger partial charge in [0.25, 0.3) is 5.91 Å². The summed E-state index contributed by atoms with van der Waals surface area (Å²) >= 11 is 3.40. The zero-order valence-electron chi connectivity index (χ0n) is 12.1. The molecule has 1 heterocycles. The Balaban J connectivity index is 1.59. The molecule has 2 amide bonds. The van der Waals surface area contributed by atoms with Crippen molar-refractivity contribution in [3.05, 3.63) is 58.3 Å². The number of benzene rings is 1. The minimum atomic E-state index is -0.354. The Kier molecular flexibility index (Phi) is 6.21. The molecule has 2 rings (SSSR count). The first-order chi connectivity index (χ1) is 10.6. The molecule has 0 bridgehead atoms. The highest BCUT2D eigenvalue weighted by Gasteiger charge is 2.07. The molecule has 0 aliphatic rings. The number of aryl methyl sites for hydroxylation is 1. The number of carbonyl (C=O) groups is 2. The predicted octanol–water partition coefficient (Wildman–Crippen LogP) is 2.95. The normalized spacial score (nSPS) is 10.2. The topological polar surface area (TPSA) is 74.0 Å². The fourth-order valence-corrected chi connectivity index (χ4v) is 2.26. The van der Waals surface area contributed by atoms with Crippen molar-refractivity contribution >= 4 is 27.7 Å². The third kappa shape index (κ3) is 5.37. The third-order valence-corrected chi connectivity index (χ3v) is 3.72. The van der Waals surface area contributed by atoms with Gasteiger partial charge in [0, 0.05) is 17.1 Å². The summed E-state index contributed by atoms with van der Waals surface area (Å²) in [6.07, 6.45) is 4.69. The summed E-state index contributed by atoms with van der Waals surface area (Å²) < 4.78 is 1.06. The van der Waals surface area contributed by atoms with E-state index >= 15 is 0 Å².